The number of nitrogens with zero attached hydrogens (tertiary/aromatic N) is 3. The molecule has 0 N–H and O–H groups in total. The molecule has 2 heterocycles. The van der Waals surface area contributed by atoms with E-state index < -0.39 is 17.7 Å². The summed E-state index contributed by atoms with van der Waals surface area (Å²) in [5, 5.41) is 0. The lowest BCUT2D eigenvalue weighted by Gasteiger charge is -2.32. The minimum Gasteiger partial charge on any atom is -0.455 e. The Bertz CT molecular complexity index is 1120. The van der Waals surface area contributed by atoms with Gasteiger partial charge < -0.3 is 14.5 Å². The topological polar surface area (TPSA) is 62.7 Å². The third-order valence-electron chi connectivity index (χ3n) is 6.35. The largest absolute Gasteiger partial charge is 0.455 e. The fourth-order valence-corrected chi connectivity index (χ4v) is 4.27. The van der Waals surface area contributed by atoms with E-state index in [1.54, 1.807) is 4.90 Å². The Hall–Kier alpha value is -3.88. The highest BCUT2D eigenvalue weighted by Crippen LogP contribution is 2.30. The van der Waals surface area contributed by atoms with Crippen LogP contribution in [0.25, 0.3) is 0 Å². The van der Waals surface area contributed by atoms with Gasteiger partial charge in [-0.1, -0.05) is 60.7 Å². The predicted octanol–water partition coefficient (Wildman–Crippen LogP) is 5.09. The van der Waals surface area contributed by atoms with Gasteiger partial charge in [-0.05, 0) is 36.1 Å². The SMILES string of the molecule is O=C(OCC(=O)N(Cc1ccccc1)Cc1ccccc1)C1CCN(c2ccc(C(F)(F)F)cn2)CC1. The zero-order valence-corrected chi connectivity index (χ0v) is 20.2. The first-order valence-corrected chi connectivity index (χ1v) is 12.1. The van der Waals surface area contributed by atoms with Crippen molar-refractivity contribution in [1.29, 1.82) is 0 Å². The standard InChI is InChI=1S/C28H28F3N3O3/c29-28(30,31)24-11-12-25(32-17-24)33-15-13-23(14-16-33)27(36)37-20-26(35)34(18-21-7-3-1-4-8-21)19-22-9-5-2-6-10-22/h1-12,17,23H,13-16,18-20H2. The van der Waals surface area contributed by atoms with Gasteiger partial charge in [0.15, 0.2) is 6.61 Å². The fourth-order valence-electron chi connectivity index (χ4n) is 4.27. The lowest BCUT2D eigenvalue weighted by Crippen LogP contribution is -2.39. The number of carbonyl (C=O) groups excluding carboxylic acids is 2. The molecule has 4 rings (SSSR count). The van der Waals surface area contributed by atoms with Crippen LogP contribution < -0.4 is 4.90 Å². The van der Waals surface area contributed by atoms with Gasteiger partial charge in [0.05, 0.1) is 11.5 Å². The number of alkyl halides is 3. The number of carbonyl (C=O) groups is 2. The average Bonchev–Trinajstić information content (AvgIpc) is 2.92. The molecule has 37 heavy (non-hydrogen) atoms. The van der Waals surface area contributed by atoms with Gasteiger partial charge in [0.2, 0.25) is 0 Å². The van der Waals surface area contributed by atoms with Crippen molar-refractivity contribution < 1.29 is 27.5 Å². The second-order valence-corrected chi connectivity index (χ2v) is 8.99. The first-order chi connectivity index (χ1) is 17.8. The first kappa shape index (κ1) is 26.2. The summed E-state index contributed by atoms with van der Waals surface area (Å²) in [7, 11) is 0. The van der Waals surface area contributed by atoms with Gasteiger partial charge in [-0.3, -0.25) is 9.59 Å². The van der Waals surface area contributed by atoms with Gasteiger partial charge in [0.1, 0.15) is 5.82 Å². The van der Waals surface area contributed by atoms with Gasteiger partial charge in [0.25, 0.3) is 5.91 Å². The van der Waals surface area contributed by atoms with E-state index in [2.05, 4.69) is 4.98 Å². The Morgan fingerprint density at radius 3 is 1.95 bits per heavy atom. The summed E-state index contributed by atoms with van der Waals surface area (Å²) in [5.41, 5.74) is 1.15. The van der Waals surface area contributed by atoms with E-state index >= 15 is 0 Å². The lowest BCUT2D eigenvalue weighted by atomic mass is 9.97. The monoisotopic (exact) mass is 511 g/mol. The highest BCUT2D eigenvalue weighted by Gasteiger charge is 2.32. The number of piperidine rings is 1. The number of benzene rings is 2. The number of ether oxygens (including phenoxy) is 1. The van der Waals surface area contributed by atoms with E-state index in [1.807, 2.05) is 65.6 Å². The quantitative estimate of drug-likeness (QED) is 0.395. The molecular formula is C28H28F3N3O3. The van der Waals surface area contributed by atoms with Crippen LogP contribution in [0, 0.1) is 5.92 Å². The van der Waals surface area contributed by atoms with Crippen molar-refractivity contribution in [2.45, 2.75) is 32.1 Å². The Labute approximate surface area is 213 Å². The van der Waals surface area contributed by atoms with Crippen LogP contribution in [0.4, 0.5) is 19.0 Å². The number of pyridine rings is 1. The molecule has 9 heteroatoms. The Kier molecular flexibility index (Phi) is 8.43. The van der Waals surface area contributed by atoms with Crippen molar-refractivity contribution in [3.63, 3.8) is 0 Å². The zero-order valence-electron chi connectivity index (χ0n) is 20.2. The molecule has 0 radical (unpaired) electrons. The molecule has 0 unspecified atom stereocenters. The number of esters is 1. The van der Waals surface area contributed by atoms with Crippen LogP contribution in [-0.2, 0) is 33.6 Å². The van der Waals surface area contributed by atoms with Crippen LogP contribution in [-0.4, -0.2) is 41.5 Å². The molecule has 0 saturated carbocycles. The summed E-state index contributed by atoms with van der Waals surface area (Å²) >= 11 is 0. The van der Waals surface area contributed by atoms with E-state index in [9.17, 15) is 22.8 Å². The van der Waals surface area contributed by atoms with Crippen molar-refractivity contribution in [1.82, 2.24) is 9.88 Å². The van der Waals surface area contributed by atoms with Crippen molar-refractivity contribution in [2.75, 3.05) is 24.6 Å². The molecule has 1 amide bonds. The van der Waals surface area contributed by atoms with E-state index in [-0.39, 0.29) is 18.4 Å². The summed E-state index contributed by atoms with van der Waals surface area (Å²) in [5.74, 6) is -0.664. The Morgan fingerprint density at radius 2 is 1.46 bits per heavy atom. The summed E-state index contributed by atoms with van der Waals surface area (Å²) in [6.07, 6.45) is -2.68. The molecule has 0 aliphatic carbocycles. The summed E-state index contributed by atoms with van der Waals surface area (Å²) in [6.45, 7) is 1.36. The number of halogens is 3. The molecule has 1 aromatic heterocycles. The first-order valence-electron chi connectivity index (χ1n) is 12.1. The van der Waals surface area contributed by atoms with E-state index in [1.165, 1.54) is 6.07 Å². The molecular weight excluding hydrogens is 483 g/mol. The van der Waals surface area contributed by atoms with Crippen molar-refractivity contribution in [3.8, 4) is 0 Å². The number of aromatic nitrogens is 1. The minimum atomic E-state index is -4.43. The molecule has 0 atom stereocenters. The van der Waals surface area contributed by atoms with Crippen LogP contribution in [0.5, 0.6) is 0 Å². The highest BCUT2D eigenvalue weighted by atomic mass is 19.4. The number of hydrogen-bond donors (Lipinski definition) is 0. The van der Waals surface area contributed by atoms with Gasteiger partial charge in [0, 0.05) is 32.4 Å². The van der Waals surface area contributed by atoms with E-state index in [0.717, 1.165) is 23.4 Å². The van der Waals surface area contributed by atoms with Crippen LogP contribution in [0.2, 0.25) is 0 Å². The van der Waals surface area contributed by atoms with Gasteiger partial charge in [-0.15, -0.1) is 0 Å². The molecule has 1 saturated heterocycles. The summed E-state index contributed by atoms with van der Waals surface area (Å²) in [6, 6.07) is 21.6. The molecule has 3 aromatic rings. The molecule has 6 nitrogen and oxygen atoms in total. The highest BCUT2D eigenvalue weighted by molar-refractivity contribution is 5.81. The maximum atomic E-state index is 13.0. The summed E-state index contributed by atoms with van der Waals surface area (Å²) < 4.78 is 43.7. The van der Waals surface area contributed by atoms with E-state index in [4.69, 9.17) is 4.74 Å². The average molecular weight is 512 g/mol. The number of anilines is 1. The Morgan fingerprint density at radius 1 is 0.892 bits per heavy atom. The second kappa shape index (κ2) is 11.9. The fraction of sp³-hybridized carbons (Fsp3) is 0.321. The molecule has 1 fully saturated rings. The van der Waals surface area contributed by atoms with Crippen LogP contribution in [0.15, 0.2) is 79.0 Å². The number of hydrogen-bond acceptors (Lipinski definition) is 5. The van der Waals surface area contributed by atoms with Crippen molar-refractivity contribution in [3.05, 3.63) is 95.7 Å². The lowest BCUT2D eigenvalue weighted by molar-refractivity contribution is -0.156. The number of rotatable bonds is 8. The second-order valence-electron chi connectivity index (χ2n) is 8.99. The molecule has 194 valence electrons. The van der Waals surface area contributed by atoms with Gasteiger partial charge in [-0.2, -0.15) is 13.2 Å². The van der Waals surface area contributed by atoms with Crippen LogP contribution in [0.1, 0.15) is 29.5 Å². The molecule has 0 spiro atoms. The maximum Gasteiger partial charge on any atom is 0.417 e. The maximum absolute atomic E-state index is 13.0. The normalized spacial score (nSPS) is 14.3. The van der Waals surface area contributed by atoms with Crippen LogP contribution >= 0.6 is 0 Å². The molecule has 1 aliphatic heterocycles. The zero-order chi connectivity index (χ0) is 26.3. The van der Waals surface area contributed by atoms with Gasteiger partial charge >= 0.3 is 12.1 Å². The van der Waals surface area contributed by atoms with Gasteiger partial charge in [-0.25, -0.2) is 4.98 Å². The predicted molar refractivity (Wildman–Crippen MR) is 132 cm³/mol. The third kappa shape index (κ3) is 7.31. The summed E-state index contributed by atoms with van der Waals surface area (Å²) in [4.78, 5) is 33.1. The van der Waals surface area contributed by atoms with E-state index in [0.29, 0.717) is 44.8 Å². The van der Waals surface area contributed by atoms with Crippen molar-refractivity contribution in [2.24, 2.45) is 5.92 Å². The third-order valence-corrected chi connectivity index (χ3v) is 6.35. The molecule has 1 aliphatic rings. The molecule has 0 bridgehead atoms. The smallest absolute Gasteiger partial charge is 0.417 e. The Balaban J connectivity index is 1.29. The van der Waals surface area contributed by atoms with Crippen LogP contribution in [0.3, 0.4) is 0 Å². The number of amides is 1. The molecule has 2 aromatic carbocycles. The van der Waals surface area contributed by atoms with Crippen molar-refractivity contribution >= 4 is 17.7 Å². The minimum absolute atomic E-state index is 0.285.